The Balaban J connectivity index is 2.40. The van der Waals surface area contributed by atoms with Gasteiger partial charge < -0.3 is 20.5 Å². The van der Waals surface area contributed by atoms with Crippen LogP contribution in [0.4, 0.5) is 0 Å². The zero-order chi connectivity index (χ0) is 15.7. The number of carbonyl (C=O) groups is 1. The second-order valence-electron chi connectivity index (χ2n) is 5.30. The average Bonchev–Trinajstić information content (AvgIpc) is 3.29. The topological polar surface area (TPSA) is 73.6 Å². The minimum absolute atomic E-state index is 0.156. The van der Waals surface area contributed by atoms with E-state index in [0.717, 1.165) is 6.42 Å². The normalized spacial score (nSPS) is 16.4. The van der Waals surface area contributed by atoms with Gasteiger partial charge in [-0.3, -0.25) is 4.79 Å². The number of allylic oxidation sites excluding steroid dienone is 1. The van der Waals surface area contributed by atoms with Gasteiger partial charge in [-0.15, -0.1) is 0 Å². The van der Waals surface area contributed by atoms with E-state index in [-0.39, 0.29) is 11.9 Å². The fraction of sp³-hybridized carbons (Fsp3) is 0.688. The molecule has 0 aromatic rings. The zero-order valence-corrected chi connectivity index (χ0v) is 13.2. The molecular formula is C16H28N2O3. The predicted molar refractivity (Wildman–Crippen MR) is 83.7 cm³/mol. The molecule has 3 N–H and O–H groups in total. The second kappa shape index (κ2) is 9.58. The van der Waals surface area contributed by atoms with Crippen LogP contribution in [0.15, 0.2) is 24.0 Å². The van der Waals surface area contributed by atoms with E-state index in [1.54, 1.807) is 0 Å². The van der Waals surface area contributed by atoms with Crippen molar-refractivity contribution in [1.82, 2.24) is 5.32 Å². The van der Waals surface area contributed by atoms with E-state index in [9.17, 15) is 4.79 Å². The Morgan fingerprint density at radius 2 is 2.14 bits per heavy atom. The molecule has 0 saturated heterocycles. The van der Waals surface area contributed by atoms with E-state index in [2.05, 4.69) is 11.9 Å². The van der Waals surface area contributed by atoms with Crippen LogP contribution in [0.5, 0.6) is 0 Å². The molecule has 0 radical (unpaired) electrons. The highest BCUT2D eigenvalue weighted by atomic mass is 16.5. The van der Waals surface area contributed by atoms with E-state index in [0.29, 0.717) is 43.6 Å². The van der Waals surface area contributed by atoms with Gasteiger partial charge in [0.25, 0.3) is 5.91 Å². The first-order chi connectivity index (χ1) is 10.1. The number of carbonyl (C=O) groups excluding carboxylic acids is 1. The molecule has 0 unspecified atom stereocenters. The molecule has 5 nitrogen and oxygen atoms in total. The lowest BCUT2D eigenvalue weighted by Gasteiger charge is -2.16. The maximum absolute atomic E-state index is 12.2. The molecule has 0 aromatic heterocycles. The number of nitrogens with two attached hydrogens (primary N) is 1. The number of ether oxygens (including phenoxy) is 2. The van der Waals surface area contributed by atoms with Crippen molar-refractivity contribution in [2.24, 2.45) is 11.7 Å². The highest BCUT2D eigenvalue weighted by Gasteiger charge is 2.29. The van der Waals surface area contributed by atoms with E-state index in [1.807, 2.05) is 19.9 Å². The number of hydrogen-bond donors (Lipinski definition) is 2. The van der Waals surface area contributed by atoms with Gasteiger partial charge in [0.1, 0.15) is 12.4 Å². The van der Waals surface area contributed by atoms with Crippen LogP contribution in [0.3, 0.4) is 0 Å². The zero-order valence-electron chi connectivity index (χ0n) is 13.2. The summed E-state index contributed by atoms with van der Waals surface area (Å²) in [6, 6.07) is 0.199. The van der Waals surface area contributed by atoms with Crippen LogP contribution >= 0.6 is 0 Å². The first-order valence-corrected chi connectivity index (χ1v) is 7.71. The summed E-state index contributed by atoms with van der Waals surface area (Å²) in [6.07, 6.45) is 5.04. The van der Waals surface area contributed by atoms with Crippen LogP contribution in [-0.4, -0.2) is 38.3 Å². The molecule has 1 rings (SSSR count). The van der Waals surface area contributed by atoms with Crippen LogP contribution in [0.25, 0.3) is 0 Å². The van der Waals surface area contributed by atoms with Crippen LogP contribution in [-0.2, 0) is 14.3 Å². The summed E-state index contributed by atoms with van der Waals surface area (Å²) in [6.45, 7) is 9.72. The molecule has 1 aliphatic carbocycles. The van der Waals surface area contributed by atoms with Gasteiger partial charge in [-0.25, -0.2) is 0 Å². The predicted octanol–water partition coefficient (Wildman–Crippen LogP) is 1.74. The fourth-order valence-corrected chi connectivity index (χ4v) is 1.97. The Bertz CT molecular complexity index is 376. The van der Waals surface area contributed by atoms with E-state index in [4.69, 9.17) is 15.2 Å². The van der Waals surface area contributed by atoms with Gasteiger partial charge in [-0.2, -0.15) is 0 Å². The van der Waals surface area contributed by atoms with Gasteiger partial charge in [0, 0.05) is 12.6 Å². The standard InChI is InChI=1S/C16H28N2O3/c1-4-5-15(21-11-10-20-9-8-17)12(2)16(19)18-13(3)14-6-7-14/h5,13-14H,2,4,6-11,17H2,1,3H3,(H,18,19)/b15-5+/t13-/m0/s1. The van der Waals surface area contributed by atoms with Crippen molar-refractivity contribution >= 4 is 5.91 Å². The highest BCUT2D eigenvalue weighted by Crippen LogP contribution is 2.32. The van der Waals surface area contributed by atoms with Crippen molar-refractivity contribution in [3.8, 4) is 0 Å². The maximum Gasteiger partial charge on any atom is 0.254 e. The summed E-state index contributed by atoms with van der Waals surface area (Å²) in [7, 11) is 0. The number of hydrogen-bond acceptors (Lipinski definition) is 4. The molecule has 0 bridgehead atoms. The molecule has 120 valence electrons. The van der Waals surface area contributed by atoms with Crippen LogP contribution < -0.4 is 11.1 Å². The number of amides is 1. The summed E-state index contributed by atoms with van der Waals surface area (Å²) in [5, 5.41) is 2.98. The van der Waals surface area contributed by atoms with Crippen molar-refractivity contribution in [2.45, 2.75) is 39.2 Å². The minimum Gasteiger partial charge on any atom is -0.491 e. The largest absolute Gasteiger partial charge is 0.491 e. The summed E-state index contributed by atoms with van der Waals surface area (Å²) in [5.41, 5.74) is 5.72. The van der Waals surface area contributed by atoms with Gasteiger partial charge in [-0.05, 0) is 38.2 Å². The molecule has 5 heteroatoms. The maximum atomic E-state index is 12.2. The molecule has 0 heterocycles. The summed E-state index contributed by atoms with van der Waals surface area (Å²) in [5.74, 6) is 0.997. The number of rotatable bonds is 11. The van der Waals surface area contributed by atoms with Crippen LogP contribution in [0.1, 0.15) is 33.1 Å². The number of nitrogens with one attached hydrogen (secondary N) is 1. The molecule has 21 heavy (non-hydrogen) atoms. The van der Waals surface area contributed by atoms with Gasteiger partial charge in [0.2, 0.25) is 0 Å². The highest BCUT2D eigenvalue weighted by molar-refractivity contribution is 5.96. The third kappa shape index (κ3) is 6.78. The first kappa shape index (κ1) is 17.7. The fourth-order valence-electron chi connectivity index (χ4n) is 1.97. The molecule has 1 atom stereocenters. The van der Waals surface area contributed by atoms with Crippen molar-refractivity contribution in [3.05, 3.63) is 24.0 Å². The second-order valence-corrected chi connectivity index (χ2v) is 5.30. The minimum atomic E-state index is -0.156. The molecular weight excluding hydrogens is 268 g/mol. The van der Waals surface area contributed by atoms with Crippen molar-refractivity contribution in [2.75, 3.05) is 26.4 Å². The van der Waals surface area contributed by atoms with Crippen molar-refractivity contribution in [1.29, 1.82) is 0 Å². The van der Waals surface area contributed by atoms with E-state index in [1.165, 1.54) is 12.8 Å². The van der Waals surface area contributed by atoms with Gasteiger partial charge in [0.05, 0.1) is 18.8 Å². The Morgan fingerprint density at radius 1 is 1.43 bits per heavy atom. The lowest BCUT2D eigenvalue weighted by Crippen LogP contribution is -2.35. The van der Waals surface area contributed by atoms with Gasteiger partial charge in [0.15, 0.2) is 0 Å². The molecule has 0 spiro atoms. The third-order valence-electron chi connectivity index (χ3n) is 3.40. The smallest absolute Gasteiger partial charge is 0.254 e. The lowest BCUT2D eigenvalue weighted by atomic mass is 10.1. The van der Waals surface area contributed by atoms with Gasteiger partial charge >= 0.3 is 0 Å². The Hall–Kier alpha value is -1.33. The monoisotopic (exact) mass is 296 g/mol. The SMILES string of the molecule is C=C(C(=O)N[C@@H](C)C1CC1)/C(=C\CC)OCCOCCN. The Morgan fingerprint density at radius 3 is 2.71 bits per heavy atom. The van der Waals surface area contributed by atoms with E-state index >= 15 is 0 Å². The Labute approximate surface area is 127 Å². The third-order valence-corrected chi connectivity index (χ3v) is 3.40. The van der Waals surface area contributed by atoms with Crippen molar-refractivity contribution < 1.29 is 14.3 Å². The molecule has 1 amide bonds. The quantitative estimate of drug-likeness (QED) is 0.264. The van der Waals surface area contributed by atoms with E-state index < -0.39 is 0 Å². The van der Waals surface area contributed by atoms with Crippen LogP contribution in [0.2, 0.25) is 0 Å². The first-order valence-electron chi connectivity index (χ1n) is 7.71. The summed E-state index contributed by atoms with van der Waals surface area (Å²) >= 11 is 0. The molecule has 0 aliphatic heterocycles. The molecule has 1 saturated carbocycles. The molecule has 1 aliphatic rings. The average molecular weight is 296 g/mol. The Kier molecular flexibility index (Phi) is 8.08. The summed E-state index contributed by atoms with van der Waals surface area (Å²) in [4.78, 5) is 12.2. The van der Waals surface area contributed by atoms with Crippen molar-refractivity contribution in [3.63, 3.8) is 0 Å². The molecule has 0 aromatic carbocycles. The van der Waals surface area contributed by atoms with Crippen LogP contribution in [0, 0.1) is 5.92 Å². The summed E-state index contributed by atoms with van der Waals surface area (Å²) < 4.78 is 10.9. The van der Waals surface area contributed by atoms with Gasteiger partial charge in [-0.1, -0.05) is 13.5 Å². The molecule has 1 fully saturated rings. The lowest BCUT2D eigenvalue weighted by molar-refractivity contribution is -0.118.